The number of rotatable bonds is 2. The molecule has 8 heteroatoms. The number of amides is 1. The van der Waals surface area contributed by atoms with Crippen molar-refractivity contribution in [1.29, 1.82) is 0 Å². The average Bonchev–Trinajstić information content (AvgIpc) is 3.27. The van der Waals surface area contributed by atoms with Gasteiger partial charge in [0.15, 0.2) is 0 Å². The average molecular weight is 362 g/mol. The van der Waals surface area contributed by atoms with Gasteiger partial charge in [0, 0.05) is 28.9 Å². The Kier molecular flexibility index (Phi) is 3.77. The van der Waals surface area contributed by atoms with Crippen LogP contribution in [0.3, 0.4) is 0 Å². The molecule has 7 nitrogen and oxygen atoms in total. The van der Waals surface area contributed by atoms with Crippen LogP contribution in [-0.2, 0) is 29.4 Å². The number of fused-ring (bicyclic) bond motifs is 4. The number of hydrogen-bond acceptors (Lipinski definition) is 7. The van der Waals surface area contributed by atoms with E-state index in [4.69, 9.17) is 9.47 Å². The van der Waals surface area contributed by atoms with E-state index in [0.29, 0.717) is 22.9 Å². The van der Waals surface area contributed by atoms with Gasteiger partial charge < -0.3 is 14.8 Å². The first-order valence-electron chi connectivity index (χ1n) is 7.98. The Morgan fingerprint density at radius 3 is 2.68 bits per heavy atom. The zero-order chi connectivity index (χ0) is 17.8. The lowest BCUT2D eigenvalue weighted by Gasteiger charge is -2.35. The molecule has 1 spiro atoms. The summed E-state index contributed by atoms with van der Waals surface area (Å²) < 4.78 is 9.99. The quantitative estimate of drug-likeness (QED) is 0.779. The summed E-state index contributed by atoms with van der Waals surface area (Å²) in [6.07, 6.45) is 0. The van der Waals surface area contributed by atoms with Gasteiger partial charge >= 0.3 is 11.9 Å². The van der Waals surface area contributed by atoms with Gasteiger partial charge in [0.05, 0.1) is 20.1 Å². The molecule has 4 unspecified atom stereocenters. The highest BCUT2D eigenvalue weighted by Gasteiger charge is 2.71. The minimum absolute atomic E-state index is 0.251. The molecule has 1 N–H and O–H groups in total. The smallest absolute Gasteiger partial charge is 0.312 e. The number of thioether (sulfide) groups is 1. The maximum atomic E-state index is 13.2. The van der Waals surface area contributed by atoms with Crippen molar-refractivity contribution in [2.45, 2.75) is 11.6 Å². The molecule has 0 aliphatic carbocycles. The second-order valence-corrected chi connectivity index (χ2v) is 7.35. The summed E-state index contributed by atoms with van der Waals surface area (Å²) in [7, 11) is 2.58. The second kappa shape index (κ2) is 5.74. The van der Waals surface area contributed by atoms with Gasteiger partial charge in [-0.25, -0.2) is 0 Å². The molecule has 2 fully saturated rings. The molecule has 3 aliphatic heterocycles. The van der Waals surface area contributed by atoms with Crippen LogP contribution in [0.2, 0.25) is 0 Å². The Bertz CT molecular complexity index is 769. The van der Waals surface area contributed by atoms with Crippen LogP contribution in [0.4, 0.5) is 5.69 Å². The highest BCUT2D eigenvalue weighted by molar-refractivity contribution is 7.99. The number of carbonyl (C=O) groups excluding carboxylic acids is 3. The van der Waals surface area contributed by atoms with E-state index < -0.39 is 29.3 Å². The molecule has 1 aromatic rings. The number of methoxy groups -OCH3 is 2. The fourth-order valence-corrected chi connectivity index (χ4v) is 5.84. The van der Waals surface area contributed by atoms with Crippen molar-refractivity contribution >= 4 is 35.3 Å². The zero-order valence-corrected chi connectivity index (χ0v) is 14.7. The molecular formula is C17H18N2O5S. The topological polar surface area (TPSA) is 84.9 Å². The molecule has 0 aromatic heterocycles. The molecule has 0 saturated carbocycles. The van der Waals surface area contributed by atoms with E-state index in [0.717, 1.165) is 0 Å². The van der Waals surface area contributed by atoms with Crippen LogP contribution in [0.5, 0.6) is 0 Å². The number of para-hydroxylation sites is 1. The van der Waals surface area contributed by atoms with Crippen LogP contribution in [0.1, 0.15) is 5.56 Å². The van der Waals surface area contributed by atoms with Crippen molar-refractivity contribution in [3.63, 3.8) is 0 Å². The van der Waals surface area contributed by atoms with Crippen LogP contribution < -0.4 is 5.32 Å². The van der Waals surface area contributed by atoms with Gasteiger partial charge in [-0.2, -0.15) is 0 Å². The molecular weight excluding hydrogens is 344 g/mol. The Balaban J connectivity index is 1.97. The fourth-order valence-electron chi connectivity index (χ4n) is 4.51. The van der Waals surface area contributed by atoms with E-state index in [9.17, 15) is 14.4 Å². The van der Waals surface area contributed by atoms with Gasteiger partial charge in [-0.1, -0.05) is 18.2 Å². The van der Waals surface area contributed by atoms with Crippen molar-refractivity contribution in [1.82, 2.24) is 4.90 Å². The first-order valence-corrected chi connectivity index (χ1v) is 9.14. The third kappa shape index (κ3) is 1.95. The minimum atomic E-state index is -1.24. The predicted molar refractivity (Wildman–Crippen MR) is 90.7 cm³/mol. The number of esters is 2. The van der Waals surface area contributed by atoms with Crippen LogP contribution in [0.25, 0.3) is 0 Å². The van der Waals surface area contributed by atoms with Crippen molar-refractivity contribution in [3.05, 3.63) is 29.8 Å². The molecule has 4 rings (SSSR count). The lowest BCUT2D eigenvalue weighted by Crippen LogP contribution is -2.53. The van der Waals surface area contributed by atoms with Gasteiger partial charge in [0.25, 0.3) is 5.91 Å². The monoisotopic (exact) mass is 362 g/mol. The van der Waals surface area contributed by atoms with E-state index in [1.807, 2.05) is 23.1 Å². The summed E-state index contributed by atoms with van der Waals surface area (Å²) in [5, 5.41) is 2.88. The van der Waals surface area contributed by atoms with Gasteiger partial charge in [-0.3, -0.25) is 19.3 Å². The van der Waals surface area contributed by atoms with Gasteiger partial charge in [0.1, 0.15) is 11.5 Å². The molecule has 1 aromatic carbocycles. The summed E-state index contributed by atoms with van der Waals surface area (Å²) in [6.45, 7) is 0. The Labute approximate surface area is 149 Å². The largest absolute Gasteiger partial charge is 0.469 e. The van der Waals surface area contributed by atoms with E-state index in [2.05, 4.69) is 5.32 Å². The number of benzene rings is 1. The van der Waals surface area contributed by atoms with Crippen LogP contribution in [-0.4, -0.2) is 54.6 Å². The van der Waals surface area contributed by atoms with Crippen molar-refractivity contribution in [2.24, 2.45) is 11.8 Å². The van der Waals surface area contributed by atoms with Crippen LogP contribution >= 0.6 is 11.8 Å². The van der Waals surface area contributed by atoms with Crippen molar-refractivity contribution < 1.29 is 23.9 Å². The second-order valence-electron chi connectivity index (χ2n) is 6.35. The maximum Gasteiger partial charge on any atom is 0.312 e. The van der Waals surface area contributed by atoms with E-state index >= 15 is 0 Å². The number of ether oxygens (including phenoxy) is 2. The van der Waals surface area contributed by atoms with Crippen LogP contribution in [0, 0.1) is 11.8 Å². The highest BCUT2D eigenvalue weighted by atomic mass is 32.2. The summed E-state index contributed by atoms with van der Waals surface area (Å²) in [5.41, 5.74) is 0.147. The third-order valence-corrected chi connectivity index (χ3v) is 6.49. The Morgan fingerprint density at radius 1 is 1.24 bits per heavy atom. The molecule has 4 atom stereocenters. The highest BCUT2D eigenvalue weighted by Crippen LogP contribution is 2.58. The van der Waals surface area contributed by atoms with Crippen LogP contribution in [0.15, 0.2) is 24.3 Å². The molecule has 132 valence electrons. The summed E-state index contributed by atoms with van der Waals surface area (Å²) in [6, 6.07) is 7.05. The molecule has 0 bridgehead atoms. The molecule has 0 radical (unpaired) electrons. The van der Waals surface area contributed by atoms with Crippen molar-refractivity contribution in [3.8, 4) is 0 Å². The number of nitrogens with one attached hydrogen (secondary N) is 1. The number of carbonyl (C=O) groups is 3. The van der Waals surface area contributed by atoms with Gasteiger partial charge in [0.2, 0.25) is 0 Å². The summed E-state index contributed by atoms with van der Waals surface area (Å²) in [5.74, 6) is -1.81. The summed E-state index contributed by atoms with van der Waals surface area (Å²) in [4.78, 5) is 40.4. The number of anilines is 1. The first-order chi connectivity index (χ1) is 12.1. The van der Waals surface area contributed by atoms with E-state index in [-0.39, 0.29) is 11.9 Å². The van der Waals surface area contributed by atoms with Gasteiger partial charge in [-0.15, -0.1) is 11.8 Å². The predicted octanol–water partition coefficient (Wildman–Crippen LogP) is 0.801. The van der Waals surface area contributed by atoms with Crippen molar-refractivity contribution in [2.75, 3.05) is 31.2 Å². The number of hydrogen-bond donors (Lipinski definition) is 1. The molecule has 25 heavy (non-hydrogen) atoms. The maximum absolute atomic E-state index is 13.2. The van der Waals surface area contributed by atoms with Gasteiger partial charge in [-0.05, 0) is 6.07 Å². The molecule has 3 heterocycles. The third-order valence-electron chi connectivity index (χ3n) is 5.46. The van der Waals surface area contributed by atoms with E-state index in [1.165, 1.54) is 14.2 Å². The normalized spacial score (nSPS) is 33.0. The Hall–Kier alpha value is -2.06. The first kappa shape index (κ1) is 16.4. The lowest BCUT2D eigenvalue weighted by molar-refractivity contribution is -0.160. The lowest BCUT2D eigenvalue weighted by atomic mass is 9.75. The summed E-state index contributed by atoms with van der Waals surface area (Å²) >= 11 is 1.64. The zero-order valence-electron chi connectivity index (χ0n) is 13.9. The molecule has 2 saturated heterocycles. The standard InChI is InChI=1S/C17H18N2O5S/c1-23-14(20)12-11-7-25-8-19(11)17(13(12)15(21)24-2)9-5-3-4-6-10(9)18-16(17)22/h3-6,11-13H,7-8H2,1-2H3,(H,18,22). The molecule has 1 amide bonds. The Morgan fingerprint density at radius 2 is 1.96 bits per heavy atom. The SMILES string of the molecule is COC(=O)C1C2CSCN2C2(C(=O)Nc3ccccc32)C1C(=O)OC. The minimum Gasteiger partial charge on any atom is -0.469 e. The number of nitrogens with zero attached hydrogens (tertiary/aromatic N) is 1. The van der Waals surface area contributed by atoms with E-state index in [1.54, 1.807) is 17.8 Å². The fraction of sp³-hybridized carbons (Fsp3) is 0.471. The molecule has 3 aliphatic rings.